The summed E-state index contributed by atoms with van der Waals surface area (Å²) in [6, 6.07) is 10.4. The van der Waals surface area contributed by atoms with E-state index >= 15 is 0 Å². The van der Waals surface area contributed by atoms with Crippen LogP contribution in [0.1, 0.15) is 31.2 Å². The third-order valence-corrected chi connectivity index (χ3v) is 9.95. The number of ether oxygens (including phenoxy) is 1. The molecule has 0 saturated carbocycles. The summed E-state index contributed by atoms with van der Waals surface area (Å²) in [4.78, 5) is 13.8. The smallest absolute Gasteiger partial charge is 0.274 e. The highest BCUT2D eigenvalue weighted by Gasteiger charge is 2.27. The summed E-state index contributed by atoms with van der Waals surface area (Å²) in [6.07, 6.45) is 4.94. The number of nitrogens with zero attached hydrogens (tertiary/aromatic N) is 5. The molecule has 0 aliphatic carbocycles. The highest BCUT2D eigenvalue weighted by Crippen LogP contribution is 2.33. The van der Waals surface area contributed by atoms with Crippen molar-refractivity contribution < 1.29 is 18.3 Å². The number of pyridine rings is 1. The number of aromatic nitrogens is 2. The zero-order valence-electron chi connectivity index (χ0n) is 21.3. The molecule has 2 fully saturated rings. The molecule has 37 heavy (non-hydrogen) atoms. The monoisotopic (exact) mass is 545 g/mol. The van der Waals surface area contributed by atoms with Gasteiger partial charge < -0.3 is 19.6 Å². The number of aryl methyl sites for hydroxylation is 1. The van der Waals surface area contributed by atoms with E-state index in [0.29, 0.717) is 44.2 Å². The summed E-state index contributed by atoms with van der Waals surface area (Å²) in [5.74, 6) is 1.13. The van der Waals surface area contributed by atoms with Gasteiger partial charge in [-0.2, -0.15) is 4.31 Å². The van der Waals surface area contributed by atoms with Crippen LogP contribution in [-0.2, 0) is 10.0 Å². The van der Waals surface area contributed by atoms with Gasteiger partial charge in [0.15, 0.2) is 0 Å². The SMILES string of the molecule is Cc1ccc(N2CCC(Oc3nc4ccc(N5CCN(S(=O)(=O)CCCCO)CC5)cc4s3)CC2)nc1. The van der Waals surface area contributed by atoms with Gasteiger partial charge in [-0.3, -0.25) is 0 Å². The van der Waals surface area contributed by atoms with Crippen molar-refractivity contribution in [1.29, 1.82) is 0 Å². The van der Waals surface area contributed by atoms with E-state index < -0.39 is 10.0 Å². The molecule has 9 nitrogen and oxygen atoms in total. The Morgan fingerprint density at radius 1 is 1.03 bits per heavy atom. The van der Waals surface area contributed by atoms with Crippen molar-refractivity contribution in [3.63, 3.8) is 0 Å². The second-order valence-electron chi connectivity index (χ2n) is 9.76. The summed E-state index contributed by atoms with van der Waals surface area (Å²) in [5, 5.41) is 9.62. The predicted octanol–water partition coefficient (Wildman–Crippen LogP) is 3.27. The zero-order chi connectivity index (χ0) is 25.8. The van der Waals surface area contributed by atoms with Gasteiger partial charge in [-0.05, 0) is 49.6 Å². The Labute approximate surface area is 222 Å². The lowest BCUT2D eigenvalue weighted by atomic mass is 10.1. The van der Waals surface area contributed by atoms with E-state index in [-0.39, 0.29) is 18.5 Å². The molecule has 0 spiro atoms. The van der Waals surface area contributed by atoms with Crippen molar-refractivity contribution in [1.82, 2.24) is 14.3 Å². The molecular weight excluding hydrogens is 510 g/mol. The van der Waals surface area contributed by atoms with Crippen molar-refractivity contribution in [2.45, 2.75) is 38.7 Å². The minimum absolute atomic E-state index is 0.0289. The minimum atomic E-state index is -3.26. The average molecular weight is 546 g/mol. The molecule has 200 valence electrons. The van der Waals surface area contributed by atoms with Crippen LogP contribution in [-0.4, -0.2) is 85.5 Å². The zero-order valence-corrected chi connectivity index (χ0v) is 22.9. The quantitative estimate of drug-likeness (QED) is 0.409. The second kappa shape index (κ2) is 11.5. The fraction of sp³-hybridized carbons (Fsp3) is 0.538. The van der Waals surface area contributed by atoms with Crippen LogP contribution in [0.15, 0.2) is 36.5 Å². The van der Waals surface area contributed by atoms with Crippen molar-refractivity contribution in [3.05, 3.63) is 42.1 Å². The number of thiazole rings is 1. The van der Waals surface area contributed by atoms with Crippen molar-refractivity contribution >= 4 is 43.1 Å². The molecule has 2 aliphatic heterocycles. The van der Waals surface area contributed by atoms with E-state index in [1.807, 2.05) is 19.2 Å². The van der Waals surface area contributed by atoms with E-state index in [4.69, 9.17) is 14.8 Å². The Bertz CT molecular complexity index is 1280. The van der Waals surface area contributed by atoms with E-state index in [1.165, 1.54) is 5.56 Å². The van der Waals surface area contributed by atoms with Gasteiger partial charge >= 0.3 is 0 Å². The predicted molar refractivity (Wildman–Crippen MR) is 148 cm³/mol. The van der Waals surface area contributed by atoms with Gasteiger partial charge in [0.1, 0.15) is 11.9 Å². The van der Waals surface area contributed by atoms with Gasteiger partial charge in [-0.15, -0.1) is 0 Å². The molecule has 0 bridgehead atoms. The number of piperidine rings is 1. The van der Waals surface area contributed by atoms with Gasteiger partial charge in [0, 0.05) is 70.6 Å². The maximum atomic E-state index is 12.5. The molecule has 11 heteroatoms. The number of fused-ring (bicyclic) bond motifs is 1. The molecule has 5 rings (SSSR count). The first kappa shape index (κ1) is 26.1. The Kier molecular flexibility index (Phi) is 8.13. The molecule has 4 heterocycles. The Hall–Kier alpha value is -2.47. The van der Waals surface area contributed by atoms with Crippen molar-refractivity contribution in [3.8, 4) is 5.19 Å². The standard InChI is InChI=1S/C26H35N5O4S2/c1-20-4-7-25(27-19-20)30-10-8-22(9-11-30)35-26-28-23-6-5-21(18-24(23)36-26)29-12-14-31(15-13-29)37(33,34)17-3-2-16-32/h4-7,18-19,22,32H,2-3,8-17H2,1H3. The first-order valence-electron chi connectivity index (χ1n) is 13.0. The molecule has 3 aromatic rings. The molecule has 2 aromatic heterocycles. The Morgan fingerprint density at radius 3 is 2.51 bits per heavy atom. The summed E-state index contributed by atoms with van der Waals surface area (Å²) in [7, 11) is -3.26. The highest BCUT2D eigenvalue weighted by molar-refractivity contribution is 7.89. The lowest BCUT2D eigenvalue weighted by Gasteiger charge is -2.35. The summed E-state index contributed by atoms with van der Waals surface area (Å²) >= 11 is 1.57. The van der Waals surface area contributed by atoms with Crippen LogP contribution in [0.25, 0.3) is 10.2 Å². The van der Waals surface area contributed by atoms with Crippen LogP contribution < -0.4 is 14.5 Å². The maximum absolute atomic E-state index is 12.5. The number of unbranched alkanes of at least 4 members (excludes halogenated alkanes) is 1. The number of piperazine rings is 1. The third kappa shape index (κ3) is 6.34. The number of hydrogen-bond acceptors (Lipinski definition) is 9. The van der Waals surface area contributed by atoms with Crippen molar-refractivity contribution in [2.24, 2.45) is 0 Å². The number of benzene rings is 1. The first-order valence-corrected chi connectivity index (χ1v) is 15.4. The minimum Gasteiger partial charge on any atom is -0.467 e. The normalized spacial score (nSPS) is 18.0. The van der Waals surface area contributed by atoms with Gasteiger partial charge in [0.05, 0.1) is 16.0 Å². The van der Waals surface area contributed by atoms with Crippen LogP contribution in [0.4, 0.5) is 11.5 Å². The number of rotatable bonds is 9. The van der Waals surface area contributed by atoms with E-state index in [2.05, 4.69) is 39.0 Å². The number of anilines is 2. The summed E-state index contributed by atoms with van der Waals surface area (Å²) in [5.41, 5.74) is 3.18. The highest BCUT2D eigenvalue weighted by atomic mass is 32.2. The number of aliphatic hydroxyl groups is 1. The molecule has 1 aromatic carbocycles. The lowest BCUT2D eigenvalue weighted by Crippen LogP contribution is -2.49. The van der Waals surface area contributed by atoms with E-state index in [0.717, 1.165) is 47.7 Å². The van der Waals surface area contributed by atoms with Crippen LogP contribution in [0.5, 0.6) is 5.19 Å². The molecule has 2 saturated heterocycles. The van der Waals surface area contributed by atoms with E-state index in [9.17, 15) is 8.42 Å². The largest absolute Gasteiger partial charge is 0.467 e. The van der Waals surface area contributed by atoms with Gasteiger partial charge in [-0.1, -0.05) is 17.4 Å². The maximum Gasteiger partial charge on any atom is 0.274 e. The molecule has 0 atom stereocenters. The molecular formula is C26H35N5O4S2. The fourth-order valence-electron chi connectivity index (χ4n) is 4.88. The number of hydrogen-bond donors (Lipinski definition) is 1. The molecule has 0 radical (unpaired) electrons. The fourth-order valence-corrected chi connectivity index (χ4v) is 7.34. The second-order valence-corrected chi connectivity index (χ2v) is 12.8. The van der Waals surface area contributed by atoms with Crippen LogP contribution in [0.2, 0.25) is 0 Å². The third-order valence-electron chi connectivity index (χ3n) is 7.09. The molecule has 2 aliphatic rings. The van der Waals surface area contributed by atoms with Crippen LogP contribution in [0, 0.1) is 6.92 Å². The van der Waals surface area contributed by atoms with Gasteiger partial charge in [0.2, 0.25) is 10.0 Å². The topological polar surface area (TPSA) is 99.1 Å². The summed E-state index contributed by atoms with van der Waals surface area (Å²) in [6.45, 7) is 6.18. The summed E-state index contributed by atoms with van der Waals surface area (Å²) < 4.78 is 34.0. The number of aliphatic hydroxyl groups excluding tert-OH is 1. The Balaban J connectivity index is 1.15. The Morgan fingerprint density at radius 2 is 1.81 bits per heavy atom. The van der Waals surface area contributed by atoms with E-state index in [1.54, 1.807) is 15.6 Å². The molecule has 1 N–H and O–H groups in total. The van der Waals surface area contributed by atoms with Crippen LogP contribution >= 0.6 is 11.3 Å². The van der Waals surface area contributed by atoms with Crippen molar-refractivity contribution in [2.75, 3.05) is 61.4 Å². The number of sulfonamides is 1. The lowest BCUT2D eigenvalue weighted by molar-refractivity contribution is 0.170. The van der Waals surface area contributed by atoms with Gasteiger partial charge in [0.25, 0.3) is 5.19 Å². The average Bonchev–Trinajstić information content (AvgIpc) is 3.31. The molecule has 0 amide bonds. The van der Waals surface area contributed by atoms with Crippen LogP contribution in [0.3, 0.4) is 0 Å². The first-order chi connectivity index (χ1) is 17.9. The molecule has 0 unspecified atom stereocenters. The van der Waals surface area contributed by atoms with Gasteiger partial charge in [-0.25, -0.2) is 18.4 Å².